The second-order valence-electron chi connectivity index (χ2n) is 5.73. The molecule has 0 aromatic heterocycles. The van der Waals surface area contributed by atoms with E-state index in [2.05, 4.69) is 5.32 Å². The number of carboxylic acid groups (broad SMARTS) is 1. The second-order valence-corrected chi connectivity index (χ2v) is 5.73. The third kappa shape index (κ3) is 4.03. The third-order valence-electron chi connectivity index (χ3n) is 4.09. The summed E-state index contributed by atoms with van der Waals surface area (Å²) in [7, 11) is 1.64. The van der Waals surface area contributed by atoms with Crippen molar-refractivity contribution in [2.24, 2.45) is 0 Å². The number of rotatable bonds is 6. The van der Waals surface area contributed by atoms with E-state index in [1.165, 1.54) is 0 Å². The van der Waals surface area contributed by atoms with Gasteiger partial charge < -0.3 is 24.6 Å². The Labute approximate surface area is 146 Å². The van der Waals surface area contributed by atoms with Crippen molar-refractivity contribution in [3.63, 3.8) is 0 Å². The van der Waals surface area contributed by atoms with Crippen molar-refractivity contribution in [2.45, 2.75) is 12.5 Å². The van der Waals surface area contributed by atoms with E-state index < -0.39 is 6.09 Å². The van der Waals surface area contributed by atoms with Crippen LogP contribution in [0.15, 0.2) is 42.5 Å². The van der Waals surface area contributed by atoms with E-state index in [4.69, 9.17) is 19.3 Å². The van der Waals surface area contributed by atoms with Crippen molar-refractivity contribution in [1.82, 2.24) is 5.32 Å². The van der Waals surface area contributed by atoms with Crippen molar-refractivity contribution in [1.29, 1.82) is 0 Å². The molecule has 6 heteroatoms. The molecule has 0 radical (unpaired) electrons. The van der Waals surface area contributed by atoms with E-state index in [1.54, 1.807) is 7.11 Å². The number of hydrogen-bond acceptors (Lipinski definition) is 4. The normalized spacial score (nSPS) is 15.8. The highest BCUT2D eigenvalue weighted by Gasteiger charge is 2.23. The number of fused-ring (bicyclic) bond motifs is 1. The van der Waals surface area contributed by atoms with Gasteiger partial charge in [0.1, 0.15) is 18.1 Å². The van der Waals surface area contributed by atoms with Gasteiger partial charge in [0.15, 0.2) is 0 Å². The van der Waals surface area contributed by atoms with E-state index in [0.717, 1.165) is 22.4 Å². The summed E-state index contributed by atoms with van der Waals surface area (Å²) in [6.07, 6.45) is -0.408. The maximum absolute atomic E-state index is 11.0. The van der Waals surface area contributed by atoms with Crippen LogP contribution in [0.5, 0.6) is 11.5 Å². The minimum absolute atomic E-state index is 0.247. The number of amides is 1. The first-order valence-electron chi connectivity index (χ1n) is 8.16. The van der Waals surface area contributed by atoms with E-state index in [-0.39, 0.29) is 6.04 Å². The molecule has 132 valence electrons. The molecule has 1 amide bonds. The average Bonchev–Trinajstić information content (AvgIpc) is 2.62. The average molecular weight is 343 g/mol. The van der Waals surface area contributed by atoms with Crippen LogP contribution >= 0.6 is 0 Å². The summed E-state index contributed by atoms with van der Waals surface area (Å²) in [5, 5.41) is 11.5. The van der Waals surface area contributed by atoms with Gasteiger partial charge >= 0.3 is 6.09 Å². The van der Waals surface area contributed by atoms with Gasteiger partial charge in [-0.3, -0.25) is 0 Å². The summed E-state index contributed by atoms with van der Waals surface area (Å²) in [5.74, 6) is 1.48. The van der Waals surface area contributed by atoms with Crippen molar-refractivity contribution in [3.05, 3.63) is 48.0 Å². The predicted molar refractivity (Wildman–Crippen MR) is 93.3 cm³/mol. The fourth-order valence-corrected chi connectivity index (χ4v) is 2.92. The highest BCUT2D eigenvalue weighted by Crippen LogP contribution is 2.38. The monoisotopic (exact) mass is 343 g/mol. The van der Waals surface area contributed by atoms with Crippen LogP contribution in [0.2, 0.25) is 0 Å². The van der Waals surface area contributed by atoms with E-state index >= 15 is 0 Å². The molecule has 0 bridgehead atoms. The van der Waals surface area contributed by atoms with Gasteiger partial charge in [-0.05, 0) is 17.7 Å². The van der Waals surface area contributed by atoms with Crippen LogP contribution in [0, 0.1) is 0 Å². The third-order valence-corrected chi connectivity index (χ3v) is 4.09. The van der Waals surface area contributed by atoms with E-state index in [0.29, 0.717) is 32.0 Å². The number of carbonyl (C=O) groups is 1. The highest BCUT2D eigenvalue weighted by atomic mass is 16.5. The SMILES string of the molecule is COCCOc1ccccc1-c1ccc2c(c1)OCCC2NC(=O)O. The number of benzene rings is 2. The lowest BCUT2D eigenvalue weighted by Gasteiger charge is -2.26. The Hall–Kier alpha value is -2.73. The molecule has 3 rings (SSSR count). The highest BCUT2D eigenvalue weighted by molar-refractivity contribution is 5.73. The lowest BCUT2D eigenvalue weighted by molar-refractivity contribution is 0.146. The van der Waals surface area contributed by atoms with Crippen LogP contribution in [0.4, 0.5) is 4.79 Å². The fraction of sp³-hybridized carbons (Fsp3) is 0.316. The minimum Gasteiger partial charge on any atom is -0.493 e. The Morgan fingerprint density at radius 1 is 1.28 bits per heavy atom. The summed E-state index contributed by atoms with van der Waals surface area (Å²) in [5.41, 5.74) is 2.77. The molecule has 25 heavy (non-hydrogen) atoms. The van der Waals surface area contributed by atoms with Gasteiger partial charge in [-0.1, -0.05) is 30.3 Å². The molecule has 6 nitrogen and oxygen atoms in total. The Morgan fingerprint density at radius 2 is 2.12 bits per heavy atom. The summed E-state index contributed by atoms with van der Waals surface area (Å²) < 4.78 is 16.6. The molecule has 2 N–H and O–H groups in total. The lowest BCUT2D eigenvalue weighted by Crippen LogP contribution is -2.30. The molecule has 1 aliphatic rings. The number of methoxy groups -OCH3 is 1. The zero-order valence-corrected chi connectivity index (χ0v) is 14.0. The first-order valence-corrected chi connectivity index (χ1v) is 8.16. The van der Waals surface area contributed by atoms with Crippen LogP contribution in [0.3, 0.4) is 0 Å². The molecule has 1 aliphatic heterocycles. The molecule has 2 aromatic carbocycles. The van der Waals surface area contributed by atoms with Gasteiger partial charge in [-0.2, -0.15) is 0 Å². The Morgan fingerprint density at radius 3 is 2.92 bits per heavy atom. The summed E-state index contributed by atoms with van der Waals surface area (Å²) >= 11 is 0. The minimum atomic E-state index is -1.03. The van der Waals surface area contributed by atoms with E-state index in [9.17, 15) is 4.79 Å². The van der Waals surface area contributed by atoms with Crippen LogP contribution in [0.1, 0.15) is 18.0 Å². The summed E-state index contributed by atoms with van der Waals surface area (Å²) in [6.45, 7) is 1.47. The van der Waals surface area contributed by atoms with Gasteiger partial charge in [0.25, 0.3) is 0 Å². The zero-order chi connectivity index (χ0) is 17.6. The van der Waals surface area contributed by atoms with Gasteiger partial charge in [0.05, 0.1) is 19.3 Å². The largest absolute Gasteiger partial charge is 0.493 e. The topological polar surface area (TPSA) is 77.0 Å². The zero-order valence-electron chi connectivity index (χ0n) is 14.0. The van der Waals surface area contributed by atoms with E-state index in [1.807, 2.05) is 42.5 Å². The van der Waals surface area contributed by atoms with Crippen molar-refractivity contribution < 1.29 is 24.1 Å². The quantitative estimate of drug-likeness (QED) is 0.786. The molecule has 0 saturated heterocycles. The Kier molecular flexibility index (Phi) is 5.40. The molecular weight excluding hydrogens is 322 g/mol. The number of ether oxygens (including phenoxy) is 3. The van der Waals surface area contributed by atoms with Crippen LogP contribution < -0.4 is 14.8 Å². The molecule has 2 aromatic rings. The van der Waals surface area contributed by atoms with Gasteiger partial charge in [-0.15, -0.1) is 0 Å². The Balaban J connectivity index is 1.88. The maximum atomic E-state index is 11.0. The van der Waals surface area contributed by atoms with Crippen LogP contribution in [0.25, 0.3) is 11.1 Å². The van der Waals surface area contributed by atoms with Gasteiger partial charge in [0, 0.05) is 24.7 Å². The van der Waals surface area contributed by atoms with Crippen molar-refractivity contribution >= 4 is 6.09 Å². The second kappa shape index (κ2) is 7.90. The predicted octanol–water partition coefficient (Wildman–Crippen LogP) is 3.47. The number of para-hydroxylation sites is 1. The van der Waals surface area contributed by atoms with Gasteiger partial charge in [-0.25, -0.2) is 4.79 Å². The fourth-order valence-electron chi connectivity index (χ4n) is 2.92. The van der Waals surface area contributed by atoms with Crippen LogP contribution in [-0.4, -0.2) is 38.1 Å². The summed E-state index contributed by atoms with van der Waals surface area (Å²) in [6, 6.07) is 13.3. The molecule has 1 heterocycles. The number of nitrogens with one attached hydrogen (secondary N) is 1. The molecular formula is C19H21NO5. The molecule has 0 aliphatic carbocycles. The first kappa shape index (κ1) is 17.1. The summed E-state index contributed by atoms with van der Waals surface area (Å²) in [4.78, 5) is 11.0. The van der Waals surface area contributed by atoms with Crippen LogP contribution in [-0.2, 0) is 4.74 Å². The molecule has 1 unspecified atom stereocenters. The lowest BCUT2D eigenvalue weighted by atomic mass is 9.96. The molecule has 0 fully saturated rings. The number of hydrogen-bond donors (Lipinski definition) is 2. The first-order chi connectivity index (χ1) is 12.2. The smallest absolute Gasteiger partial charge is 0.405 e. The van der Waals surface area contributed by atoms with Gasteiger partial charge in [0.2, 0.25) is 0 Å². The molecule has 0 spiro atoms. The standard InChI is InChI=1S/C19H21NO5/c1-23-10-11-25-17-5-3-2-4-14(17)13-6-7-15-16(20-19(21)22)8-9-24-18(15)12-13/h2-7,12,16,20H,8-11H2,1H3,(H,21,22). The molecule has 0 saturated carbocycles. The maximum Gasteiger partial charge on any atom is 0.405 e. The Bertz CT molecular complexity index is 746. The molecule has 1 atom stereocenters. The van der Waals surface area contributed by atoms with Crippen molar-refractivity contribution in [3.8, 4) is 22.6 Å². The van der Waals surface area contributed by atoms with Crippen molar-refractivity contribution in [2.75, 3.05) is 26.9 Å².